The molecular formula is C41H70N5O13S+. The Labute approximate surface area is 357 Å². The van der Waals surface area contributed by atoms with Crippen molar-refractivity contribution in [3.8, 4) is 0 Å². The molecule has 18 nitrogen and oxygen atoms in total. The van der Waals surface area contributed by atoms with Crippen LogP contribution >= 0.6 is 11.8 Å². The summed E-state index contributed by atoms with van der Waals surface area (Å²) in [5.74, 6) is -8.27. The zero-order valence-corrected chi connectivity index (χ0v) is 37.5. The Hall–Kier alpha value is -3.78. The highest BCUT2D eigenvalue weighted by Crippen LogP contribution is 2.26. The second kappa shape index (κ2) is 26.5. The fourth-order valence-electron chi connectivity index (χ4n) is 6.70. The van der Waals surface area contributed by atoms with Crippen LogP contribution in [0.25, 0.3) is 0 Å². The Morgan fingerprint density at radius 2 is 1.33 bits per heavy atom. The second-order valence-electron chi connectivity index (χ2n) is 16.3. The predicted octanol–water partition coefficient (Wildman–Crippen LogP) is -0.523. The third-order valence-electron chi connectivity index (χ3n) is 10.7. The molecule has 1 heterocycles. The number of nitrogens with one attached hydrogen (secondary N) is 3. The molecule has 0 aromatic rings. The standard InChI is InChI=1S/C41H69N5O13S/c1-10-26(18-31(51)35(24(8)48)45-39(56)34(42)22(5)6)37(54)44-36(25(9)49)32(52)19-27(21(3)4)38(55)43-28(20-47)30(50)17-23(7)40(57)46-15-12-13-29(46)41(58)60-16-14-33(53)59-11-2/h21-29,34-36,47-49H,10-20,42H2,1-9H3,(H,43,55)(H,44,54)(H,45,56)/p+1/t23-,24?,25?,26-,27+,28+,29+,34+,35+,36+/m1/s1. The number of nitrogens with zero attached hydrogens (tertiary/aromatic N) is 1. The van der Waals surface area contributed by atoms with E-state index in [1.54, 1.807) is 41.5 Å². The highest BCUT2D eigenvalue weighted by molar-refractivity contribution is 8.13. The van der Waals surface area contributed by atoms with Crippen LogP contribution in [0.1, 0.15) is 107 Å². The number of thioether (sulfide) groups is 1. The molecule has 1 rings (SSSR count). The number of hydrogen-bond donors (Lipinski definition) is 7. The molecular weight excluding hydrogens is 803 g/mol. The van der Waals surface area contributed by atoms with E-state index in [-0.39, 0.29) is 42.7 Å². The van der Waals surface area contributed by atoms with Crippen LogP contribution in [0.2, 0.25) is 0 Å². The number of rotatable bonds is 27. The molecule has 1 saturated heterocycles. The van der Waals surface area contributed by atoms with Gasteiger partial charge in [0.15, 0.2) is 23.4 Å². The first-order chi connectivity index (χ1) is 28.0. The molecule has 4 amide bonds. The van der Waals surface area contributed by atoms with Gasteiger partial charge in [0, 0.05) is 55.2 Å². The number of ketones is 3. The van der Waals surface area contributed by atoms with Gasteiger partial charge in [0.2, 0.25) is 22.8 Å². The maximum atomic E-state index is 13.6. The molecule has 2 unspecified atom stereocenters. The van der Waals surface area contributed by atoms with E-state index in [2.05, 4.69) is 21.7 Å². The summed E-state index contributed by atoms with van der Waals surface area (Å²) in [7, 11) is 0. The number of esters is 1. The summed E-state index contributed by atoms with van der Waals surface area (Å²) in [6, 6.07) is -5.63. The molecule has 0 spiro atoms. The van der Waals surface area contributed by atoms with Crippen LogP contribution in [0.3, 0.4) is 0 Å². The minimum Gasteiger partial charge on any atom is -0.466 e. The zero-order chi connectivity index (χ0) is 46.0. The number of likely N-dealkylation sites (tertiary alicyclic amines) is 1. The fraction of sp³-hybridized carbons (Fsp3) is 0.780. The monoisotopic (exact) mass is 872 g/mol. The molecule has 1 aliphatic heterocycles. The summed E-state index contributed by atoms with van der Waals surface area (Å²) >= 11 is 0.941. The molecule has 342 valence electrons. The van der Waals surface area contributed by atoms with Gasteiger partial charge in [-0.25, -0.2) is 0 Å². The summed E-state index contributed by atoms with van der Waals surface area (Å²) in [5, 5.41) is 38.2. The van der Waals surface area contributed by atoms with E-state index in [0.717, 1.165) is 11.8 Å². The van der Waals surface area contributed by atoms with Crippen LogP contribution in [-0.4, -0.2) is 140 Å². The Bertz CT molecular complexity index is 1510. The lowest BCUT2D eigenvalue weighted by molar-refractivity contribution is -0.414. The minimum atomic E-state index is -1.49. The molecule has 9 N–H and O–H groups in total. The van der Waals surface area contributed by atoms with Gasteiger partial charge >= 0.3 is 5.97 Å². The topological polar surface area (TPSA) is 291 Å². The first-order valence-corrected chi connectivity index (χ1v) is 21.9. The quantitative estimate of drug-likeness (QED) is 0.0512. The van der Waals surface area contributed by atoms with Crippen LogP contribution in [0, 0.1) is 29.6 Å². The molecule has 1 fully saturated rings. The number of carbonyl (C=O) groups is 9. The van der Waals surface area contributed by atoms with Crippen molar-refractivity contribution in [2.24, 2.45) is 29.6 Å². The Morgan fingerprint density at radius 1 is 0.767 bits per heavy atom. The number of ether oxygens (including phenoxy) is 1. The minimum absolute atomic E-state index is 0.0452. The fourth-order valence-corrected chi connectivity index (χ4v) is 7.61. The van der Waals surface area contributed by atoms with Gasteiger partial charge in [0.1, 0.15) is 24.2 Å². The highest BCUT2D eigenvalue weighted by Gasteiger charge is 2.39. The van der Waals surface area contributed by atoms with Gasteiger partial charge in [0.25, 0.3) is 5.91 Å². The van der Waals surface area contributed by atoms with Crippen molar-refractivity contribution in [3.63, 3.8) is 0 Å². The molecule has 0 aromatic carbocycles. The lowest BCUT2D eigenvalue weighted by Gasteiger charge is -2.28. The average molecular weight is 873 g/mol. The lowest BCUT2D eigenvalue weighted by atomic mass is 9.86. The summed E-state index contributed by atoms with van der Waals surface area (Å²) < 4.78 is 4.88. The molecule has 0 radical (unpaired) electrons. The van der Waals surface area contributed by atoms with E-state index < -0.39 is 132 Å². The van der Waals surface area contributed by atoms with E-state index >= 15 is 0 Å². The van der Waals surface area contributed by atoms with Crippen molar-refractivity contribution in [2.45, 2.75) is 150 Å². The third-order valence-corrected chi connectivity index (χ3v) is 11.7. The molecule has 60 heavy (non-hydrogen) atoms. The van der Waals surface area contributed by atoms with Gasteiger partial charge in [-0.2, -0.15) is 0 Å². The van der Waals surface area contributed by atoms with Crippen molar-refractivity contribution in [2.75, 3.05) is 25.5 Å². The number of quaternary nitrogens is 1. The highest BCUT2D eigenvalue weighted by atomic mass is 32.2. The molecule has 1 aliphatic rings. The Balaban J connectivity index is 2.98. The molecule has 10 atom stereocenters. The number of aliphatic hydroxyl groups excluding tert-OH is 3. The van der Waals surface area contributed by atoms with Crippen molar-refractivity contribution in [1.29, 1.82) is 0 Å². The molecule has 0 saturated carbocycles. The van der Waals surface area contributed by atoms with Crippen molar-refractivity contribution >= 4 is 63.8 Å². The summed E-state index contributed by atoms with van der Waals surface area (Å²) in [5.41, 5.74) is 3.79. The number of carbonyl (C=O) groups excluding carboxylic acids is 9. The molecule has 0 aliphatic carbocycles. The zero-order valence-electron chi connectivity index (χ0n) is 36.7. The number of amides is 4. The van der Waals surface area contributed by atoms with Crippen molar-refractivity contribution in [1.82, 2.24) is 20.9 Å². The van der Waals surface area contributed by atoms with Gasteiger partial charge in [0.05, 0.1) is 31.8 Å². The summed E-state index contributed by atoms with van der Waals surface area (Å²) in [4.78, 5) is 119. The first-order valence-electron chi connectivity index (χ1n) is 20.9. The van der Waals surface area contributed by atoms with Gasteiger partial charge in [-0.05, 0) is 46.0 Å². The second-order valence-corrected chi connectivity index (χ2v) is 17.4. The molecule has 0 aromatic heterocycles. The van der Waals surface area contributed by atoms with Crippen molar-refractivity contribution in [3.05, 3.63) is 0 Å². The normalized spacial score (nSPS) is 18.6. The summed E-state index contributed by atoms with van der Waals surface area (Å²) in [6.07, 6.45) is -2.74. The van der Waals surface area contributed by atoms with Crippen LogP contribution in [-0.2, 0) is 47.9 Å². The van der Waals surface area contributed by atoms with Crippen LogP contribution in [0.4, 0.5) is 0 Å². The van der Waals surface area contributed by atoms with E-state index in [1.807, 2.05) is 0 Å². The Kier molecular flexibility index (Phi) is 24.0. The Morgan fingerprint density at radius 3 is 1.83 bits per heavy atom. The van der Waals surface area contributed by atoms with E-state index in [0.29, 0.717) is 19.4 Å². The maximum absolute atomic E-state index is 13.6. The SMILES string of the molecule is CCOC(=O)CCSC(=O)[C@@H]1CCCN1C(=O)[C@H](C)CC(=O)[C@H](CO)NC(=O)[C@@H](CC(=O)[C@@H](NC(=O)[C@H](CC)CC(=O)[C@@H](NC(=O)[C@@H]([NH3+])C(C)C)C(C)O)C(C)O)C(C)C. The number of aliphatic hydroxyl groups is 3. The summed E-state index contributed by atoms with van der Waals surface area (Å²) in [6.45, 7) is 14.0. The first kappa shape index (κ1) is 54.2. The largest absolute Gasteiger partial charge is 0.466 e. The van der Waals surface area contributed by atoms with Gasteiger partial charge in [-0.1, -0.05) is 53.3 Å². The van der Waals surface area contributed by atoms with E-state index in [1.165, 1.54) is 25.7 Å². The maximum Gasteiger partial charge on any atom is 0.306 e. The van der Waals surface area contributed by atoms with Crippen LogP contribution in [0.15, 0.2) is 0 Å². The molecule has 0 bridgehead atoms. The van der Waals surface area contributed by atoms with Crippen molar-refractivity contribution < 1.29 is 68.9 Å². The third kappa shape index (κ3) is 16.9. The number of Topliss-reactive ketones (excluding diaryl/α,β-unsaturated/α-hetero) is 3. The van der Waals surface area contributed by atoms with Crippen LogP contribution < -0.4 is 21.7 Å². The van der Waals surface area contributed by atoms with E-state index in [9.17, 15) is 58.5 Å². The van der Waals surface area contributed by atoms with E-state index in [4.69, 9.17) is 4.74 Å². The van der Waals surface area contributed by atoms with Gasteiger partial charge < -0.3 is 46.6 Å². The lowest BCUT2D eigenvalue weighted by Crippen LogP contribution is -2.71. The van der Waals surface area contributed by atoms with Gasteiger partial charge in [-0.15, -0.1) is 0 Å². The smallest absolute Gasteiger partial charge is 0.306 e. The molecule has 19 heteroatoms. The van der Waals surface area contributed by atoms with Crippen LogP contribution in [0.5, 0.6) is 0 Å². The van der Waals surface area contributed by atoms with Gasteiger partial charge in [-0.3, -0.25) is 43.2 Å². The predicted molar refractivity (Wildman–Crippen MR) is 221 cm³/mol. The number of hydrogen-bond acceptors (Lipinski definition) is 14. The average Bonchev–Trinajstić information content (AvgIpc) is 3.67.